The molecule has 1 atom stereocenters. The fourth-order valence-corrected chi connectivity index (χ4v) is 3.13. The third kappa shape index (κ3) is 4.75. The molecular formula is C17H18ClF3N6O. The smallest absolute Gasteiger partial charge is 0.357 e. The third-order valence-corrected chi connectivity index (χ3v) is 4.57. The van der Waals surface area contributed by atoms with Crippen LogP contribution >= 0.6 is 11.6 Å². The second kappa shape index (κ2) is 8.09. The van der Waals surface area contributed by atoms with Crippen molar-refractivity contribution in [2.75, 3.05) is 35.7 Å². The summed E-state index contributed by atoms with van der Waals surface area (Å²) in [6.07, 6.45) is -2.28. The van der Waals surface area contributed by atoms with Crippen LogP contribution in [0.2, 0.25) is 5.02 Å². The number of nitrogens with one attached hydrogen (secondary N) is 3. The van der Waals surface area contributed by atoms with Gasteiger partial charge in [0.05, 0.1) is 10.6 Å². The number of anilines is 3. The highest BCUT2D eigenvalue weighted by molar-refractivity contribution is 6.31. The molecule has 3 N–H and O–H groups in total. The van der Waals surface area contributed by atoms with Gasteiger partial charge in [0.1, 0.15) is 5.82 Å². The molecule has 2 heterocycles. The van der Waals surface area contributed by atoms with E-state index in [-0.39, 0.29) is 11.7 Å². The lowest BCUT2D eigenvalue weighted by atomic mass is 10.2. The summed E-state index contributed by atoms with van der Waals surface area (Å²) in [4.78, 5) is 22.6. The molecule has 0 radical (unpaired) electrons. The summed E-state index contributed by atoms with van der Waals surface area (Å²) in [6, 6.07) is 4.26. The molecule has 7 nitrogen and oxygen atoms in total. The van der Waals surface area contributed by atoms with Crippen molar-refractivity contribution < 1.29 is 18.0 Å². The SMILES string of the molecule is CNc1nccc(N2CCC(NC(=O)Nc3ccc(Cl)c(C(F)(F)F)c3)C2)n1. The van der Waals surface area contributed by atoms with E-state index in [1.165, 1.54) is 6.07 Å². The van der Waals surface area contributed by atoms with Crippen LogP contribution < -0.4 is 20.9 Å². The van der Waals surface area contributed by atoms with Crippen LogP contribution in [0, 0.1) is 0 Å². The van der Waals surface area contributed by atoms with E-state index < -0.39 is 22.8 Å². The number of aromatic nitrogens is 2. The lowest BCUT2D eigenvalue weighted by Crippen LogP contribution is -2.39. The van der Waals surface area contributed by atoms with Crippen molar-refractivity contribution in [3.63, 3.8) is 0 Å². The van der Waals surface area contributed by atoms with Gasteiger partial charge in [0.15, 0.2) is 0 Å². The molecule has 150 valence electrons. The summed E-state index contributed by atoms with van der Waals surface area (Å²) >= 11 is 5.58. The molecule has 0 bridgehead atoms. The second-order valence-electron chi connectivity index (χ2n) is 6.21. The number of hydrogen-bond donors (Lipinski definition) is 3. The lowest BCUT2D eigenvalue weighted by Gasteiger charge is -2.18. The van der Waals surface area contributed by atoms with Crippen LogP contribution in [0.3, 0.4) is 0 Å². The largest absolute Gasteiger partial charge is 0.417 e. The van der Waals surface area contributed by atoms with E-state index in [1.54, 1.807) is 19.3 Å². The molecule has 1 saturated heterocycles. The number of carbonyl (C=O) groups is 1. The fraction of sp³-hybridized carbons (Fsp3) is 0.353. The van der Waals surface area contributed by atoms with E-state index in [1.807, 2.05) is 4.90 Å². The van der Waals surface area contributed by atoms with Crippen LogP contribution in [0.5, 0.6) is 0 Å². The fourth-order valence-electron chi connectivity index (χ4n) is 2.90. The number of alkyl halides is 3. The summed E-state index contributed by atoms with van der Waals surface area (Å²) in [5.74, 6) is 1.23. The predicted molar refractivity (Wildman–Crippen MR) is 101 cm³/mol. The second-order valence-corrected chi connectivity index (χ2v) is 6.62. The Labute approximate surface area is 164 Å². The van der Waals surface area contributed by atoms with Gasteiger partial charge in [-0.15, -0.1) is 0 Å². The first-order valence-electron chi connectivity index (χ1n) is 8.46. The van der Waals surface area contributed by atoms with E-state index in [0.717, 1.165) is 18.0 Å². The maximum Gasteiger partial charge on any atom is 0.417 e. The molecule has 0 spiro atoms. The van der Waals surface area contributed by atoms with Gasteiger partial charge in [0.2, 0.25) is 5.95 Å². The van der Waals surface area contributed by atoms with Crippen molar-refractivity contribution in [1.29, 1.82) is 0 Å². The van der Waals surface area contributed by atoms with Crippen LogP contribution in [0.4, 0.5) is 35.4 Å². The Kier molecular flexibility index (Phi) is 5.78. The van der Waals surface area contributed by atoms with Gasteiger partial charge in [-0.1, -0.05) is 11.6 Å². The number of rotatable bonds is 4. The Morgan fingerprint density at radius 2 is 2.11 bits per heavy atom. The zero-order chi connectivity index (χ0) is 20.3. The Morgan fingerprint density at radius 1 is 1.32 bits per heavy atom. The molecular weight excluding hydrogens is 397 g/mol. The highest BCUT2D eigenvalue weighted by Gasteiger charge is 2.33. The molecule has 1 aromatic heterocycles. The molecule has 1 fully saturated rings. The van der Waals surface area contributed by atoms with Gasteiger partial charge in [0.25, 0.3) is 0 Å². The number of amides is 2. The third-order valence-electron chi connectivity index (χ3n) is 4.24. The zero-order valence-electron chi connectivity index (χ0n) is 14.8. The molecule has 3 rings (SSSR count). The van der Waals surface area contributed by atoms with Crippen molar-refractivity contribution in [2.24, 2.45) is 0 Å². The van der Waals surface area contributed by atoms with E-state index in [4.69, 9.17) is 11.6 Å². The van der Waals surface area contributed by atoms with Crippen LogP contribution in [0.15, 0.2) is 30.5 Å². The van der Waals surface area contributed by atoms with Gasteiger partial charge < -0.3 is 20.9 Å². The van der Waals surface area contributed by atoms with Crippen LogP contribution in [-0.4, -0.2) is 42.2 Å². The monoisotopic (exact) mass is 414 g/mol. The molecule has 11 heteroatoms. The number of hydrogen-bond acceptors (Lipinski definition) is 5. The first-order valence-corrected chi connectivity index (χ1v) is 8.84. The highest BCUT2D eigenvalue weighted by Crippen LogP contribution is 2.36. The number of halogens is 4. The normalized spacial score (nSPS) is 16.8. The van der Waals surface area contributed by atoms with Crippen LogP contribution in [0.1, 0.15) is 12.0 Å². The first-order chi connectivity index (χ1) is 13.3. The quantitative estimate of drug-likeness (QED) is 0.712. The maximum absolute atomic E-state index is 12.9. The topological polar surface area (TPSA) is 82.2 Å². The van der Waals surface area contributed by atoms with Gasteiger partial charge in [-0.2, -0.15) is 18.2 Å². The Bertz CT molecular complexity index is 863. The van der Waals surface area contributed by atoms with Crippen LogP contribution in [0.25, 0.3) is 0 Å². The first kappa shape index (κ1) is 20.0. The maximum atomic E-state index is 12.9. The molecule has 2 amide bonds. The van der Waals surface area contributed by atoms with E-state index in [0.29, 0.717) is 25.5 Å². The lowest BCUT2D eigenvalue weighted by molar-refractivity contribution is -0.137. The average Bonchev–Trinajstić information content (AvgIpc) is 3.11. The van der Waals surface area contributed by atoms with Crippen molar-refractivity contribution >= 4 is 35.1 Å². The van der Waals surface area contributed by atoms with Crippen molar-refractivity contribution in [3.05, 3.63) is 41.0 Å². The molecule has 2 aromatic rings. The summed E-state index contributed by atoms with van der Waals surface area (Å²) in [6.45, 7) is 1.21. The predicted octanol–water partition coefficient (Wildman–Crippen LogP) is 3.59. The van der Waals surface area contributed by atoms with Gasteiger partial charge in [0, 0.05) is 38.1 Å². The van der Waals surface area contributed by atoms with Crippen LogP contribution in [-0.2, 0) is 6.18 Å². The molecule has 1 aromatic carbocycles. The minimum Gasteiger partial charge on any atom is -0.357 e. The Balaban J connectivity index is 1.59. The van der Waals surface area contributed by atoms with Gasteiger partial charge >= 0.3 is 12.2 Å². The van der Waals surface area contributed by atoms with E-state index in [2.05, 4.69) is 25.9 Å². The molecule has 28 heavy (non-hydrogen) atoms. The number of benzene rings is 1. The minimum atomic E-state index is -4.60. The average molecular weight is 415 g/mol. The summed E-state index contributed by atoms with van der Waals surface area (Å²) in [7, 11) is 1.72. The van der Waals surface area contributed by atoms with E-state index >= 15 is 0 Å². The molecule has 1 aliphatic heterocycles. The minimum absolute atomic E-state index is 0.0125. The standard InChI is InChI=1S/C17H18ClF3N6O/c1-22-15-23-6-4-14(26-15)27-7-5-11(9-27)25-16(28)24-10-2-3-13(18)12(8-10)17(19,20)21/h2-4,6,8,11H,5,7,9H2,1H3,(H,22,23,26)(H2,24,25,28). The molecule has 0 aliphatic carbocycles. The highest BCUT2D eigenvalue weighted by atomic mass is 35.5. The van der Waals surface area contributed by atoms with Gasteiger partial charge in [-0.25, -0.2) is 9.78 Å². The Hall–Kier alpha value is -2.75. The summed E-state index contributed by atoms with van der Waals surface area (Å²) in [5.41, 5.74) is -0.985. The number of urea groups is 1. The van der Waals surface area contributed by atoms with Gasteiger partial charge in [-0.05, 0) is 30.7 Å². The van der Waals surface area contributed by atoms with Crippen molar-refractivity contribution in [3.8, 4) is 0 Å². The molecule has 1 unspecified atom stereocenters. The van der Waals surface area contributed by atoms with Gasteiger partial charge in [-0.3, -0.25) is 0 Å². The Morgan fingerprint density at radius 3 is 2.82 bits per heavy atom. The zero-order valence-corrected chi connectivity index (χ0v) is 15.6. The van der Waals surface area contributed by atoms with E-state index in [9.17, 15) is 18.0 Å². The summed E-state index contributed by atoms with van der Waals surface area (Å²) < 4.78 is 38.8. The summed E-state index contributed by atoms with van der Waals surface area (Å²) in [5, 5.41) is 7.62. The number of carbonyl (C=O) groups excluding carboxylic acids is 1. The van der Waals surface area contributed by atoms with Crippen molar-refractivity contribution in [2.45, 2.75) is 18.6 Å². The number of nitrogens with zero attached hydrogens (tertiary/aromatic N) is 3. The molecule has 0 saturated carbocycles. The van der Waals surface area contributed by atoms with Crippen molar-refractivity contribution in [1.82, 2.24) is 15.3 Å². The molecule has 1 aliphatic rings.